The van der Waals surface area contributed by atoms with E-state index in [0.29, 0.717) is 16.7 Å². The number of carbonyl (C=O) groups is 1. The summed E-state index contributed by atoms with van der Waals surface area (Å²) in [4.78, 5) is 16.0. The lowest BCUT2D eigenvalue weighted by Gasteiger charge is -2.08. The summed E-state index contributed by atoms with van der Waals surface area (Å²) in [5.74, 6) is 0. The molecule has 0 radical (unpaired) electrons. The molecule has 0 amide bonds. The van der Waals surface area contributed by atoms with E-state index in [9.17, 15) is 13.2 Å². The molecule has 10 nitrogen and oxygen atoms in total. The highest BCUT2D eigenvalue weighted by molar-refractivity contribution is 7.89. The van der Waals surface area contributed by atoms with E-state index in [1.807, 2.05) is 0 Å². The van der Waals surface area contributed by atoms with Crippen LogP contribution in [-0.2, 0) is 44.2 Å². The predicted octanol–water partition coefficient (Wildman–Crippen LogP) is 1.70. The van der Waals surface area contributed by atoms with Gasteiger partial charge < -0.3 is 9.47 Å². The van der Waals surface area contributed by atoms with Crippen LogP contribution in [0.1, 0.15) is 16.7 Å². The summed E-state index contributed by atoms with van der Waals surface area (Å²) < 4.78 is 32.2. The van der Waals surface area contributed by atoms with Gasteiger partial charge in [0.05, 0.1) is 16.9 Å². The molecule has 0 saturated carbocycles. The first-order chi connectivity index (χ1) is 12.7. The van der Waals surface area contributed by atoms with Crippen molar-refractivity contribution in [2.75, 3.05) is 0 Å². The highest BCUT2D eigenvalue weighted by atomic mass is 32.2. The first kappa shape index (κ1) is 20.8. The summed E-state index contributed by atoms with van der Waals surface area (Å²) in [5.41, 5.74) is 1.95. The van der Waals surface area contributed by atoms with Crippen molar-refractivity contribution in [1.29, 1.82) is 0 Å². The van der Waals surface area contributed by atoms with Crippen LogP contribution in [0, 0.1) is 0 Å². The zero-order valence-corrected chi connectivity index (χ0v) is 14.8. The Morgan fingerprint density at radius 3 is 1.67 bits per heavy atom. The lowest BCUT2D eigenvalue weighted by Crippen LogP contribution is -2.13. The Morgan fingerprint density at radius 2 is 1.26 bits per heavy atom. The third-order valence-corrected chi connectivity index (χ3v) is 4.26. The van der Waals surface area contributed by atoms with Crippen LogP contribution < -0.4 is 5.14 Å². The highest BCUT2D eigenvalue weighted by Crippen LogP contribution is 2.11. The van der Waals surface area contributed by atoms with E-state index in [2.05, 4.69) is 4.84 Å². The Kier molecular flexibility index (Phi) is 7.24. The van der Waals surface area contributed by atoms with Crippen molar-refractivity contribution in [2.45, 2.75) is 24.7 Å². The van der Waals surface area contributed by atoms with Gasteiger partial charge in [-0.15, -0.1) is 0 Å². The van der Waals surface area contributed by atoms with Crippen molar-refractivity contribution >= 4 is 16.2 Å². The van der Waals surface area contributed by atoms with Gasteiger partial charge >= 0.3 is 6.16 Å². The average Bonchev–Trinajstić information content (AvgIpc) is 2.63. The first-order valence-corrected chi connectivity index (χ1v) is 9.08. The number of sulfonamides is 1. The third-order valence-electron chi connectivity index (χ3n) is 3.33. The topological polar surface area (TPSA) is 149 Å². The van der Waals surface area contributed by atoms with Gasteiger partial charge in [-0.2, -0.15) is 0 Å². The molecule has 2 aromatic rings. The molecule has 2 rings (SSSR count). The number of hydrogen-bond donors (Lipinski definition) is 3. The molecule has 0 spiro atoms. The standard InChI is InChI=1S/C16H18N2O8S/c17-27(22,23)15-7-5-13(6-8-15)10-25-16(19)24-9-12-1-3-14(4-2-12)11-26-18(20)21/h1-8,20-21H,9-11H2,(H2,17,22,23). The van der Waals surface area contributed by atoms with Gasteiger partial charge in [0.2, 0.25) is 10.0 Å². The number of ether oxygens (including phenoxy) is 2. The molecular formula is C16H18N2O8S. The molecule has 0 heterocycles. The Balaban J connectivity index is 1.76. The number of nitrogens with two attached hydrogens (primary N) is 1. The van der Waals surface area contributed by atoms with Gasteiger partial charge in [0, 0.05) is 0 Å². The SMILES string of the molecule is NS(=O)(=O)c1ccc(COC(=O)OCc2ccc(CON(O)O)cc2)cc1. The second-order valence-corrected chi connectivity index (χ2v) is 6.92. The molecule has 146 valence electrons. The monoisotopic (exact) mass is 398 g/mol. The van der Waals surface area contributed by atoms with Gasteiger partial charge in [-0.25, -0.2) is 23.2 Å². The van der Waals surface area contributed by atoms with E-state index in [1.54, 1.807) is 24.3 Å². The molecule has 4 N–H and O–H groups in total. The number of benzene rings is 2. The zero-order chi connectivity index (χ0) is 19.9. The second-order valence-electron chi connectivity index (χ2n) is 5.36. The van der Waals surface area contributed by atoms with Gasteiger partial charge in [0.25, 0.3) is 0 Å². The fourth-order valence-corrected chi connectivity index (χ4v) is 2.48. The minimum absolute atomic E-state index is 0.0174. The number of nitrogens with zero attached hydrogens (tertiary/aromatic N) is 1. The average molecular weight is 398 g/mol. The fraction of sp³-hybridized carbons (Fsp3) is 0.188. The molecule has 0 aliphatic carbocycles. The van der Waals surface area contributed by atoms with E-state index in [0.717, 1.165) is 0 Å². The number of primary sulfonamides is 1. The van der Waals surface area contributed by atoms with Crippen LogP contribution in [0.25, 0.3) is 0 Å². The van der Waals surface area contributed by atoms with Crippen molar-refractivity contribution in [1.82, 2.24) is 5.39 Å². The van der Waals surface area contributed by atoms with Gasteiger partial charge in [-0.05, 0) is 28.8 Å². The summed E-state index contributed by atoms with van der Waals surface area (Å²) in [5, 5.41) is 21.5. The molecular weight excluding hydrogens is 380 g/mol. The maximum Gasteiger partial charge on any atom is 0.508 e. The summed E-state index contributed by atoms with van der Waals surface area (Å²) in [7, 11) is -3.77. The van der Waals surface area contributed by atoms with Crippen LogP contribution >= 0.6 is 0 Å². The third kappa shape index (κ3) is 7.30. The van der Waals surface area contributed by atoms with Crippen molar-refractivity contribution in [3.63, 3.8) is 0 Å². The normalized spacial score (nSPS) is 11.4. The summed E-state index contributed by atoms with van der Waals surface area (Å²) >= 11 is 0. The summed E-state index contributed by atoms with van der Waals surface area (Å²) in [6, 6.07) is 12.3. The van der Waals surface area contributed by atoms with Crippen LogP contribution in [0.3, 0.4) is 0 Å². The number of rotatable bonds is 8. The van der Waals surface area contributed by atoms with Gasteiger partial charge in [-0.3, -0.25) is 10.4 Å². The lowest BCUT2D eigenvalue weighted by molar-refractivity contribution is -0.497. The molecule has 0 saturated heterocycles. The van der Waals surface area contributed by atoms with Crippen molar-refractivity contribution < 1.29 is 37.9 Å². The van der Waals surface area contributed by atoms with E-state index in [4.69, 9.17) is 25.0 Å². The molecule has 0 aliphatic rings. The number of carbonyl (C=O) groups excluding carboxylic acids is 1. The van der Waals surface area contributed by atoms with Crippen LogP contribution in [-0.4, -0.2) is 30.4 Å². The van der Waals surface area contributed by atoms with Crippen LogP contribution in [0.5, 0.6) is 0 Å². The van der Waals surface area contributed by atoms with E-state index in [-0.39, 0.29) is 30.1 Å². The Morgan fingerprint density at radius 1 is 0.852 bits per heavy atom. The van der Waals surface area contributed by atoms with Crippen LogP contribution in [0.15, 0.2) is 53.4 Å². The predicted molar refractivity (Wildman–Crippen MR) is 89.4 cm³/mol. The number of hydrogen-bond acceptors (Lipinski definition) is 9. The van der Waals surface area contributed by atoms with Crippen LogP contribution in [0.4, 0.5) is 4.79 Å². The molecule has 0 unspecified atom stereocenters. The van der Waals surface area contributed by atoms with Gasteiger partial charge in [0.1, 0.15) is 13.2 Å². The Hall–Kier alpha value is -2.54. The van der Waals surface area contributed by atoms with Crippen molar-refractivity contribution in [3.05, 3.63) is 65.2 Å². The van der Waals surface area contributed by atoms with Crippen LogP contribution in [0.2, 0.25) is 0 Å². The molecule has 0 atom stereocenters. The molecule has 27 heavy (non-hydrogen) atoms. The summed E-state index contributed by atoms with van der Waals surface area (Å²) in [6.07, 6.45) is -0.880. The smallest absolute Gasteiger partial charge is 0.429 e. The quantitative estimate of drug-likeness (QED) is 0.446. The summed E-state index contributed by atoms with van der Waals surface area (Å²) in [6.45, 7) is -0.143. The van der Waals surface area contributed by atoms with E-state index in [1.165, 1.54) is 24.3 Å². The first-order valence-electron chi connectivity index (χ1n) is 7.54. The Bertz CT molecular complexity index is 851. The molecule has 0 bridgehead atoms. The molecule has 0 fully saturated rings. The largest absolute Gasteiger partial charge is 0.508 e. The van der Waals surface area contributed by atoms with E-state index >= 15 is 0 Å². The highest BCUT2D eigenvalue weighted by Gasteiger charge is 2.09. The van der Waals surface area contributed by atoms with Crippen molar-refractivity contribution in [3.8, 4) is 0 Å². The molecule has 0 aromatic heterocycles. The zero-order valence-electron chi connectivity index (χ0n) is 14.0. The molecule has 11 heteroatoms. The molecule has 2 aromatic carbocycles. The fourth-order valence-electron chi connectivity index (χ4n) is 1.97. The minimum atomic E-state index is -3.77. The van der Waals surface area contributed by atoms with E-state index < -0.39 is 16.2 Å². The lowest BCUT2D eigenvalue weighted by atomic mass is 10.1. The maximum absolute atomic E-state index is 11.6. The minimum Gasteiger partial charge on any atom is -0.429 e. The Labute approximate surface area is 155 Å². The second kappa shape index (κ2) is 9.41. The maximum atomic E-state index is 11.6. The van der Waals surface area contributed by atoms with Crippen molar-refractivity contribution in [2.24, 2.45) is 5.14 Å². The van der Waals surface area contributed by atoms with Gasteiger partial charge in [0.15, 0.2) is 0 Å². The molecule has 0 aliphatic heterocycles. The van der Waals surface area contributed by atoms with Gasteiger partial charge in [-0.1, -0.05) is 36.4 Å².